The Morgan fingerprint density at radius 3 is 2.65 bits per heavy atom. The van der Waals surface area contributed by atoms with Crippen LogP contribution in [0.25, 0.3) is 0 Å². The van der Waals surface area contributed by atoms with Crippen molar-refractivity contribution in [3.63, 3.8) is 0 Å². The van der Waals surface area contributed by atoms with Gasteiger partial charge >= 0.3 is 0 Å². The maximum atomic E-state index is 12.9. The second-order valence-electron chi connectivity index (χ2n) is 3.32. The summed E-state index contributed by atoms with van der Waals surface area (Å²) in [6.45, 7) is 0.623. The average Bonchev–Trinajstić information content (AvgIpc) is 2.60. The van der Waals surface area contributed by atoms with Crippen LogP contribution in [0.1, 0.15) is 4.88 Å². The lowest BCUT2D eigenvalue weighted by atomic mass is 10.3. The van der Waals surface area contributed by atoms with Crippen LogP contribution in [-0.4, -0.2) is 0 Å². The predicted molar refractivity (Wildman–Crippen MR) is 75.8 cm³/mol. The second kappa shape index (κ2) is 5.57. The van der Waals surface area contributed by atoms with Crippen LogP contribution in [0.5, 0.6) is 0 Å². The fraction of sp³-hybridized carbons (Fsp3) is 0.0909. The highest BCUT2D eigenvalue weighted by Crippen LogP contribution is 2.32. The molecule has 0 aliphatic heterocycles. The van der Waals surface area contributed by atoms with E-state index < -0.39 is 5.82 Å². The van der Waals surface area contributed by atoms with E-state index in [1.807, 2.05) is 6.07 Å². The molecule has 1 aromatic heterocycles. The molecule has 0 fully saturated rings. The molecule has 0 radical (unpaired) electrons. The highest BCUT2D eigenvalue weighted by Gasteiger charge is 2.05. The van der Waals surface area contributed by atoms with Gasteiger partial charge in [-0.15, -0.1) is 11.3 Å². The SMILES string of the molecule is Fc1ccc(NCc2cc(Br)c(Cl)s2)cc1Cl. The van der Waals surface area contributed by atoms with E-state index in [0.717, 1.165) is 19.4 Å². The summed E-state index contributed by atoms with van der Waals surface area (Å²) in [5.41, 5.74) is 0.775. The number of halogens is 4. The Morgan fingerprint density at radius 2 is 2.06 bits per heavy atom. The van der Waals surface area contributed by atoms with E-state index in [2.05, 4.69) is 21.2 Å². The molecule has 0 amide bonds. The van der Waals surface area contributed by atoms with Crippen LogP contribution in [0.4, 0.5) is 10.1 Å². The summed E-state index contributed by atoms with van der Waals surface area (Å²) < 4.78 is 14.5. The van der Waals surface area contributed by atoms with Crippen molar-refractivity contribution in [3.8, 4) is 0 Å². The van der Waals surface area contributed by atoms with Crippen molar-refractivity contribution in [2.75, 3.05) is 5.32 Å². The fourth-order valence-corrected chi connectivity index (χ4v) is 3.18. The standard InChI is InChI=1S/C11H7BrCl2FNS/c12-8-4-7(17-11(8)14)5-16-6-1-2-10(15)9(13)3-6/h1-4,16H,5H2. The summed E-state index contributed by atoms with van der Waals surface area (Å²) >= 11 is 16.4. The molecule has 0 bridgehead atoms. The molecule has 1 aromatic carbocycles. The molecule has 0 aliphatic rings. The zero-order valence-electron chi connectivity index (χ0n) is 8.44. The monoisotopic (exact) mass is 353 g/mol. The van der Waals surface area contributed by atoms with Gasteiger partial charge in [-0.1, -0.05) is 23.2 Å². The number of hydrogen-bond donors (Lipinski definition) is 1. The quantitative estimate of drug-likeness (QED) is 0.759. The highest BCUT2D eigenvalue weighted by atomic mass is 79.9. The molecule has 90 valence electrons. The summed E-state index contributed by atoms with van der Waals surface area (Å²) in [5.74, 6) is -0.417. The third-order valence-electron chi connectivity index (χ3n) is 2.08. The third kappa shape index (κ3) is 3.35. The molecule has 0 saturated heterocycles. The summed E-state index contributed by atoms with van der Waals surface area (Å²) in [5, 5.41) is 3.26. The van der Waals surface area contributed by atoms with E-state index >= 15 is 0 Å². The van der Waals surface area contributed by atoms with Gasteiger partial charge in [-0.05, 0) is 40.2 Å². The Kier molecular flexibility index (Phi) is 4.31. The first-order chi connectivity index (χ1) is 8.06. The van der Waals surface area contributed by atoms with Gasteiger partial charge in [0.2, 0.25) is 0 Å². The molecule has 0 saturated carbocycles. The van der Waals surface area contributed by atoms with Gasteiger partial charge < -0.3 is 5.32 Å². The fourth-order valence-electron chi connectivity index (χ4n) is 1.27. The van der Waals surface area contributed by atoms with Crippen LogP contribution in [0, 0.1) is 5.82 Å². The average molecular weight is 355 g/mol. The van der Waals surface area contributed by atoms with Gasteiger partial charge in [0, 0.05) is 21.6 Å². The van der Waals surface area contributed by atoms with Crippen molar-refractivity contribution < 1.29 is 4.39 Å². The molecule has 1 nitrogen and oxygen atoms in total. The number of anilines is 1. The van der Waals surface area contributed by atoms with Crippen LogP contribution in [0.2, 0.25) is 9.36 Å². The highest BCUT2D eigenvalue weighted by molar-refractivity contribution is 9.10. The molecular weight excluding hydrogens is 348 g/mol. The first kappa shape index (κ1) is 13.1. The minimum Gasteiger partial charge on any atom is -0.380 e. The predicted octanol–water partition coefficient (Wildman–Crippen LogP) is 5.57. The number of rotatable bonds is 3. The normalized spacial score (nSPS) is 10.6. The first-order valence-corrected chi connectivity index (χ1v) is 7.05. The van der Waals surface area contributed by atoms with Gasteiger partial charge in [-0.2, -0.15) is 0 Å². The Bertz CT molecular complexity index is 525. The molecule has 2 aromatic rings. The van der Waals surface area contributed by atoms with Crippen molar-refractivity contribution in [1.82, 2.24) is 0 Å². The van der Waals surface area contributed by atoms with Gasteiger partial charge in [0.05, 0.1) is 5.02 Å². The lowest BCUT2D eigenvalue weighted by Crippen LogP contribution is -1.97. The summed E-state index contributed by atoms with van der Waals surface area (Å²) in [4.78, 5) is 1.09. The minimum atomic E-state index is -0.417. The van der Waals surface area contributed by atoms with Crippen LogP contribution >= 0.6 is 50.5 Å². The molecule has 0 spiro atoms. The number of benzene rings is 1. The zero-order chi connectivity index (χ0) is 12.4. The molecule has 1 N–H and O–H groups in total. The van der Waals surface area contributed by atoms with E-state index in [1.165, 1.54) is 17.4 Å². The smallest absolute Gasteiger partial charge is 0.141 e. The van der Waals surface area contributed by atoms with Crippen LogP contribution in [0.15, 0.2) is 28.7 Å². The van der Waals surface area contributed by atoms with Crippen molar-refractivity contribution in [3.05, 3.63) is 48.8 Å². The van der Waals surface area contributed by atoms with E-state index in [1.54, 1.807) is 12.1 Å². The van der Waals surface area contributed by atoms with Gasteiger partial charge in [0.15, 0.2) is 0 Å². The van der Waals surface area contributed by atoms with Crippen LogP contribution in [0.3, 0.4) is 0 Å². The molecule has 0 aliphatic carbocycles. The second-order valence-corrected chi connectivity index (χ2v) is 6.32. The summed E-state index contributed by atoms with van der Waals surface area (Å²) in [6, 6.07) is 6.49. The van der Waals surface area contributed by atoms with Gasteiger partial charge in [0.25, 0.3) is 0 Å². The molecule has 6 heteroatoms. The summed E-state index contributed by atoms with van der Waals surface area (Å²) in [7, 11) is 0. The number of nitrogens with one attached hydrogen (secondary N) is 1. The maximum absolute atomic E-state index is 12.9. The lowest BCUT2D eigenvalue weighted by Gasteiger charge is -2.05. The Morgan fingerprint density at radius 1 is 1.29 bits per heavy atom. The van der Waals surface area contributed by atoms with Crippen molar-refractivity contribution in [2.24, 2.45) is 0 Å². The largest absolute Gasteiger partial charge is 0.380 e. The van der Waals surface area contributed by atoms with E-state index in [4.69, 9.17) is 23.2 Å². The van der Waals surface area contributed by atoms with Crippen molar-refractivity contribution >= 4 is 56.2 Å². The number of hydrogen-bond acceptors (Lipinski definition) is 2. The zero-order valence-corrected chi connectivity index (χ0v) is 12.4. The van der Waals surface area contributed by atoms with Crippen LogP contribution in [-0.2, 0) is 6.54 Å². The number of thiophene rings is 1. The molecule has 2 rings (SSSR count). The van der Waals surface area contributed by atoms with E-state index in [-0.39, 0.29) is 5.02 Å². The van der Waals surface area contributed by atoms with Crippen molar-refractivity contribution in [1.29, 1.82) is 0 Å². The Balaban J connectivity index is 2.04. The van der Waals surface area contributed by atoms with Crippen LogP contribution < -0.4 is 5.32 Å². The van der Waals surface area contributed by atoms with Gasteiger partial charge in [0.1, 0.15) is 10.2 Å². The van der Waals surface area contributed by atoms with Gasteiger partial charge in [-0.3, -0.25) is 0 Å². The minimum absolute atomic E-state index is 0.111. The molecular formula is C11H7BrCl2FNS. The molecule has 0 unspecified atom stereocenters. The molecule has 0 atom stereocenters. The maximum Gasteiger partial charge on any atom is 0.141 e. The van der Waals surface area contributed by atoms with Crippen molar-refractivity contribution in [2.45, 2.75) is 6.54 Å². The lowest BCUT2D eigenvalue weighted by molar-refractivity contribution is 0.628. The molecule has 17 heavy (non-hydrogen) atoms. The Hall–Kier alpha value is -0.290. The summed E-state index contributed by atoms with van der Waals surface area (Å²) in [6.07, 6.45) is 0. The Labute approximate surface area is 121 Å². The van der Waals surface area contributed by atoms with E-state index in [9.17, 15) is 4.39 Å². The first-order valence-electron chi connectivity index (χ1n) is 4.69. The van der Waals surface area contributed by atoms with E-state index in [0.29, 0.717) is 6.54 Å². The topological polar surface area (TPSA) is 12.0 Å². The molecule has 1 heterocycles. The third-order valence-corrected chi connectivity index (χ3v) is 4.85. The van der Waals surface area contributed by atoms with Gasteiger partial charge in [-0.25, -0.2) is 4.39 Å².